The summed E-state index contributed by atoms with van der Waals surface area (Å²) in [7, 11) is -4.28. The van der Waals surface area contributed by atoms with Crippen molar-refractivity contribution in [3.63, 3.8) is 0 Å². The largest absolute Gasteiger partial charge is 0.294 e. The highest BCUT2D eigenvalue weighted by Gasteiger charge is 2.22. The second-order valence-corrected chi connectivity index (χ2v) is 6.70. The lowest BCUT2D eigenvalue weighted by Gasteiger charge is -2.18. The Labute approximate surface area is 130 Å². The molecule has 0 bridgehead atoms. The van der Waals surface area contributed by atoms with Crippen molar-refractivity contribution in [3.8, 4) is 0 Å². The zero-order chi connectivity index (χ0) is 15.7. The van der Waals surface area contributed by atoms with Gasteiger partial charge in [-0.2, -0.15) is 8.42 Å². The summed E-state index contributed by atoms with van der Waals surface area (Å²) < 4.78 is 33.2. The van der Waals surface area contributed by atoms with Crippen molar-refractivity contribution in [3.05, 3.63) is 77.9 Å². The maximum Gasteiger partial charge on any atom is 0.294 e. The van der Waals surface area contributed by atoms with Gasteiger partial charge in [0, 0.05) is 5.92 Å². The van der Waals surface area contributed by atoms with Gasteiger partial charge < -0.3 is 0 Å². The van der Waals surface area contributed by atoms with Crippen molar-refractivity contribution < 1.29 is 13.0 Å². The molecule has 0 heterocycles. The molecule has 4 heteroatoms. The molecule has 0 radical (unpaired) electrons. The molecule has 3 rings (SSSR count). The predicted molar refractivity (Wildman–Crippen MR) is 87.7 cm³/mol. The highest BCUT2D eigenvalue weighted by Crippen LogP contribution is 2.35. The van der Waals surface area contributed by atoms with Gasteiger partial charge in [-0.3, -0.25) is 4.55 Å². The van der Waals surface area contributed by atoms with Gasteiger partial charge in [0.2, 0.25) is 0 Å². The van der Waals surface area contributed by atoms with Crippen LogP contribution in [0.5, 0.6) is 0 Å². The average Bonchev–Trinajstić information content (AvgIpc) is 2.53. The van der Waals surface area contributed by atoms with Crippen LogP contribution in [0, 0.1) is 0 Å². The molecule has 3 nitrogen and oxygen atoms in total. The van der Waals surface area contributed by atoms with E-state index in [1.54, 1.807) is 6.07 Å². The van der Waals surface area contributed by atoms with Crippen LogP contribution in [-0.4, -0.2) is 13.0 Å². The van der Waals surface area contributed by atoms with Crippen LogP contribution in [0.15, 0.2) is 71.6 Å². The number of benzene rings is 3. The summed E-state index contributed by atoms with van der Waals surface area (Å²) in [5.41, 5.74) is 1.63. The third kappa shape index (κ3) is 2.63. The van der Waals surface area contributed by atoms with E-state index in [-0.39, 0.29) is 10.8 Å². The van der Waals surface area contributed by atoms with Gasteiger partial charge >= 0.3 is 0 Å². The highest BCUT2D eigenvalue weighted by atomic mass is 32.2. The van der Waals surface area contributed by atoms with Gasteiger partial charge in [-0.05, 0) is 28.0 Å². The minimum absolute atomic E-state index is 0.0254. The summed E-state index contributed by atoms with van der Waals surface area (Å²) in [5.74, 6) is -0.149. The summed E-state index contributed by atoms with van der Waals surface area (Å²) in [4.78, 5) is -0.0254. The Morgan fingerprint density at radius 1 is 0.864 bits per heavy atom. The van der Waals surface area contributed by atoms with E-state index in [0.29, 0.717) is 5.56 Å². The molecule has 3 aromatic rings. The highest BCUT2D eigenvalue weighted by molar-refractivity contribution is 7.85. The van der Waals surface area contributed by atoms with Crippen LogP contribution in [0.2, 0.25) is 0 Å². The molecule has 1 atom stereocenters. The van der Waals surface area contributed by atoms with Crippen LogP contribution in [0.1, 0.15) is 24.0 Å². The first-order chi connectivity index (χ1) is 10.5. The summed E-state index contributed by atoms with van der Waals surface area (Å²) in [6.45, 7) is 1.95. The molecule has 0 amide bonds. The fourth-order valence-corrected chi connectivity index (χ4v) is 3.66. The molecule has 3 aromatic carbocycles. The Hall–Kier alpha value is -2.17. The van der Waals surface area contributed by atoms with Crippen LogP contribution in [-0.2, 0) is 10.1 Å². The molecule has 0 aliphatic carbocycles. The number of fused-ring (bicyclic) bond motifs is 1. The van der Waals surface area contributed by atoms with Crippen LogP contribution in [0.3, 0.4) is 0 Å². The Balaban J connectivity index is 2.34. The van der Waals surface area contributed by atoms with E-state index in [4.69, 9.17) is 0 Å². The van der Waals surface area contributed by atoms with Crippen LogP contribution in [0.25, 0.3) is 10.8 Å². The summed E-state index contributed by atoms with van der Waals surface area (Å²) in [6.07, 6.45) is 0. The van der Waals surface area contributed by atoms with Gasteiger partial charge in [-0.25, -0.2) is 0 Å². The van der Waals surface area contributed by atoms with Crippen LogP contribution < -0.4 is 0 Å². The van der Waals surface area contributed by atoms with Gasteiger partial charge in [-0.15, -0.1) is 0 Å². The lowest BCUT2D eigenvalue weighted by Crippen LogP contribution is -2.07. The quantitative estimate of drug-likeness (QED) is 0.736. The molecule has 0 aliphatic heterocycles. The van der Waals surface area contributed by atoms with Crippen LogP contribution >= 0.6 is 0 Å². The first kappa shape index (κ1) is 14.8. The van der Waals surface area contributed by atoms with Crippen molar-refractivity contribution in [2.75, 3.05) is 0 Å². The predicted octanol–water partition coefficient (Wildman–Crippen LogP) is 4.24. The second kappa shape index (κ2) is 5.55. The number of rotatable bonds is 3. The van der Waals surface area contributed by atoms with E-state index < -0.39 is 10.1 Å². The zero-order valence-corrected chi connectivity index (χ0v) is 12.9. The fourth-order valence-electron chi connectivity index (χ4n) is 2.86. The molecule has 0 saturated carbocycles. The molecule has 1 unspecified atom stereocenters. The maximum atomic E-state index is 11.8. The minimum atomic E-state index is -4.28. The molecular weight excluding hydrogens is 296 g/mol. The third-order valence-electron chi connectivity index (χ3n) is 3.94. The molecule has 22 heavy (non-hydrogen) atoms. The lowest BCUT2D eigenvalue weighted by atomic mass is 9.89. The second-order valence-electron chi connectivity index (χ2n) is 5.31. The average molecular weight is 312 g/mol. The SMILES string of the molecule is CC(c1ccccc1)c1c(S(=O)(=O)O)ccc2ccccc12. The van der Waals surface area contributed by atoms with Gasteiger partial charge in [0.05, 0.1) is 4.90 Å². The summed E-state index contributed by atoms with van der Waals surface area (Å²) in [5, 5.41) is 1.79. The van der Waals surface area contributed by atoms with E-state index in [1.807, 2.05) is 61.5 Å². The Bertz CT molecular complexity index is 915. The van der Waals surface area contributed by atoms with Gasteiger partial charge in [0.15, 0.2) is 0 Å². The Morgan fingerprint density at radius 2 is 1.50 bits per heavy atom. The topological polar surface area (TPSA) is 54.4 Å². The summed E-state index contributed by atoms with van der Waals surface area (Å²) in [6, 6.07) is 20.5. The van der Waals surface area contributed by atoms with Crippen molar-refractivity contribution in [2.24, 2.45) is 0 Å². The molecule has 0 aliphatic rings. The van der Waals surface area contributed by atoms with Gasteiger partial charge in [0.25, 0.3) is 10.1 Å². The van der Waals surface area contributed by atoms with Crippen molar-refractivity contribution >= 4 is 20.9 Å². The number of hydrogen-bond acceptors (Lipinski definition) is 2. The summed E-state index contributed by atoms with van der Waals surface area (Å²) >= 11 is 0. The van der Waals surface area contributed by atoms with Crippen molar-refractivity contribution in [1.82, 2.24) is 0 Å². The molecule has 112 valence electrons. The third-order valence-corrected chi connectivity index (χ3v) is 4.85. The zero-order valence-electron chi connectivity index (χ0n) is 12.1. The Kier molecular flexibility index (Phi) is 3.72. The van der Waals surface area contributed by atoms with Crippen molar-refractivity contribution in [1.29, 1.82) is 0 Å². The fraction of sp³-hybridized carbons (Fsp3) is 0.111. The molecule has 0 spiro atoms. The Morgan fingerprint density at radius 3 is 2.18 bits per heavy atom. The van der Waals surface area contributed by atoms with Crippen LogP contribution in [0.4, 0.5) is 0 Å². The molecule has 0 saturated heterocycles. The van der Waals surface area contributed by atoms with E-state index in [9.17, 15) is 13.0 Å². The van der Waals surface area contributed by atoms with Gasteiger partial charge in [0.1, 0.15) is 0 Å². The molecule has 0 aromatic heterocycles. The van der Waals surface area contributed by atoms with Crippen molar-refractivity contribution in [2.45, 2.75) is 17.7 Å². The first-order valence-corrected chi connectivity index (χ1v) is 8.46. The standard InChI is InChI=1S/C18H16O3S/c1-13(14-7-3-2-4-8-14)18-16-10-6-5-9-15(16)11-12-17(18)22(19,20)21/h2-13H,1H3,(H,19,20,21). The van der Waals surface area contributed by atoms with E-state index in [2.05, 4.69) is 0 Å². The number of hydrogen-bond donors (Lipinski definition) is 1. The molecule has 1 N–H and O–H groups in total. The molecular formula is C18H16O3S. The maximum absolute atomic E-state index is 11.8. The van der Waals surface area contributed by atoms with E-state index >= 15 is 0 Å². The molecule has 0 fully saturated rings. The normalized spacial score (nSPS) is 13.2. The smallest absolute Gasteiger partial charge is 0.282 e. The monoisotopic (exact) mass is 312 g/mol. The van der Waals surface area contributed by atoms with Gasteiger partial charge in [-0.1, -0.05) is 67.6 Å². The van der Waals surface area contributed by atoms with E-state index in [1.165, 1.54) is 6.07 Å². The van der Waals surface area contributed by atoms with E-state index in [0.717, 1.165) is 16.3 Å². The lowest BCUT2D eigenvalue weighted by molar-refractivity contribution is 0.482. The first-order valence-electron chi connectivity index (χ1n) is 7.02. The minimum Gasteiger partial charge on any atom is -0.282 e.